The normalized spacial score (nSPS) is 27.0. The van der Waals surface area contributed by atoms with Crippen LogP contribution in [0.1, 0.15) is 24.8 Å². The van der Waals surface area contributed by atoms with Crippen molar-refractivity contribution in [3.8, 4) is 5.75 Å². The average molecular weight is 303 g/mol. The number of rotatable bonds is 5. The Morgan fingerprint density at radius 3 is 2.73 bits per heavy atom. The molecule has 0 saturated carbocycles. The Kier molecular flexibility index (Phi) is 4.83. The van der Waals surface area contributed by atoms with Gasteiger partial charge >= 0.3 is 0 Å². The van der Waals surface area contributed by atoms with E-state index < -0.39 is 0 Å². The molecule has 1 aromatic carbocycles. The summed E-state index contributed by atoms with van der Waals surface area (Å²) in [7, 11) is 3.50. The van der Waals surface area contributed by atoms with Gasteiger partial charge in [-0.15, -0.1) is 0 Å². The third kappa shape index (κ3) is 3.53. The zero-order valence-corrected chi connectivity index (χ0v) is 13.3. The van der Waals surface area contributed by atoms with E-state index in [2.05, 4.69) is 27.8 Å². The van der Waals surface area contributed by atoms with E-state index in [1.165, 1.54) is 18.4 Å². The van der Waals surface area contributed by atoms with Crippen LogP contribution < -0.4 is 15.4 Å². The average Bonchev–Trinajstić information content (AvgIpc) is 3.17. The third-order valence-corrected chi connectivity index (χ3v) is 4.52. The second-order valence-electron chi connectivity index (χ2n) is 5.96. The Hall–Kier alpha value is -1.75. The first-order valence-electron chi connectivity index (χ1n) is 8.04. The lowest BCUT2D eigenvalue weighted by atomic mass is 9.96. The lowest BCUT2D eigenvalue weighted by Gasteiger charge is -2.22. The molecule has 2 fully saturated rings. The molecule has 3 rings (SSSR count). The zero-order valence-electron chi connectivity index (χ0n) is 13.3. The number of aliphatic imine (C=N–C) groups is 1. The van der Waals surface area contributed by atoms with Crippen molar-refractivity contribution in [1.82, 2.24) is 10.6 Å². The van der Waals surface area contributed by atoms with Gasteiger partial charge in [0.2, 0.25) is 0 Å². The van der Waals surface area contributed by atoms with E-state index >= 15 is 0 Å². The quantitative estimate of drug-likeness (QED) is 0.642. The molecule has 22 heavy (non-hydrogen) atoms. The smallest absolute Gasteiger partial charge is 0.191 e. The summed E-state index contributed by atoms with van der Waals surface area (Å²) in [4.78, 5) is 4.31. The molecule has 3 unspecified atom stereocenters. The summed E-state index contributed by atoms with van der Waals surface area (Å²) in [6.45, 7) is 0.855. The van der Waals surface area contributed by atoms with Crippen LogP contribution in [0.4, 0.5) is 0 Å². The van der Waals surface area contributed by atoms with Crippen molar-refractivity contribution in [2.75, 3.05) is 20.7 Å². The summed E-state index contributed by atoms with van der Waals surface area (Å²) >= 11 is 0. The number of nitrogens with zero attached hydrogens (tertiary/aromatic N) is 1. The van der Waals surface area contributed by atoms with Crippen LogP contribution >= 0.6 is 0 Å². The monoisotopic (exact) mass is 303 g/mol. The standard InChI is InChI=1S/C17H25N3O2/c1-18-17(20-15-11-14-7-8-16(15)22-14)19-10-9-12-3-5-13(21-2)6-4-12/h3-6,14-16H,7-11H2,1-2H3,(H2,18,19,20). The van der Waals surface area contributed by atoms with E-state index in [4.69, 9.17) is 9.47 Å². The van der Waals surface area contributed by atoms with Gasteiger partial charge in [0.05, 0.1) is 25.4 Å². The van der Waals surface area contributed by atoms with Gasteiger partial charge in [0.1, 0.15) is 5.75 Å². The van der Waals surface area contributed by atoms with E-state index in [1.807, 2.05) is 19.2 Å². The highest BCUT2D eigenvalue weighted by Gasteiger charge is 2.41. The SMILES string of the molecule is CN=C(NCCc1ccc(OC)cc1)NC1CC2CCC1O2. The Morgan fingerprint density at radius 1 is 1.32 bits per heavy atom. The van der Waals surface area contributed by atoms with Gasteiger partial charge in [-0.1, -0.05) is 12.1 Å². The molecule has 2 saturated heterocycles. The fraction of sp³-hybridized carbons (Fsp3) is 0.588. The van der Waals surface area contributed by atoms with Crippen LogP contribution in [-0.2, 0) is 11.2 Å². The lowest BCUT2D eigenvalue weighted by Crippen LogP contribution is -2.47. The van der Waals surface area contributed by atoms with Crippen LogP contribution in [0.25, 0.3) is 0 Å². The van der Waals surface area contributed by atoms with Gasteiger partial charge in [0.25, 0.3) is 0 Å². The van der Waals surface area contributed by atoms with E-state index in [0.29, 0.717) is 18.2 Å². The number of hydrogen-bond donors (Lipinski definition) is 2. The molecule has 120 valence electrons. The number of methoxy groups -OCH3 is 1. The first-order valence-corrected chi connectivity index (χ1v) is 8.04. The van der Waals surface area contributed by atoms with Crippen molar-refractivity contribution in [2.45, 2.75) is 43.9 Å². The van der Waals surface area contributed by atoms with Crippen LogP contribution in [0, 0.1) is 0 Å². The summed E-state index contributed by atoms with van der Waals surface area (Å²) < 4.78 is 11.0. The fourth-order valence-corrected chi connectivity index (χ4v) is 3.28. The third-order valence-electron chi connectivity index (χ3n) is 4.52. The van der Waals surface area contributed by atoms with Gasteiger partial charge in [-0.2, -0.15) is 0 Å². The van der Waals surface area contributed by atoms with Gasteiger partial charge in [0.15, 0.2) is 5.96 Å². The summed E-state index contributed by atoms with van der Waals surface area (Å²) in [6, 6.07) is 8.59. The number of hydrogen-bond acceptors (Lipinski definition) is 3. The predicted octanol–water partition coefficient (Wildman–Crippen LogP) is 1.72. The largest absolute Gasteiger partial charge is 0.497 e. The van der Waals surface area contributed by atoms with Crippen molar-refractivity contribution in [3.63, 3.8) is 0 Å². The van der Waals surface area contributed by atoms with Crippen molar-refractivity contribution in [1.29, 1.82) is 0 Å². The minimum absolute atomic E-state index is 0.366. The Bertz CT molecular complexity index is 515. The van der Waals surface area contributed by atoms with E-state index in [-0.39, 0.29) is 0 Å². The first kappa shape index (κ1) is 15.2. The summed E-state index contributed by atoms with van der Waals surface area (Å²) in [5, 5.41) is 6.88. The van der Waals surface area contributed by atoms with Crippen LogP contribution in [0.5, 0.6) is 5.75 Å². The van der Waals surface area contributed by atoms with Crippen molar-refractivity contribution >= 4 is 5.96 Å². The van der Waals surface area contributed by atoms with Gasteiger partial charge in [-0.25, -0.2) is 0 Å². The Morgan fingerprint density at radius 2 is 2.14 bits per heavy atom. The number of guanidine groups is 1. The molecule has 1 aromatic rings. The lowest BCUT2D eigenvalue weighted by molar-refractivity contribution is 0.0992. The maximum atomic E-state index is 5.87. The Balaban J connectivity index is 1.43. The number of fused-ring (bicyclic) bond motifs is 2. The molecule has 5 nitrogen and oxygen atoms in total. The molecule has 0 radical (unpaired) electrons. The highest BCUT2D eigenvalue weighted by molar-refractivity contribution is 5.80. The fourth-order valence-electron chi connectivity index (χ4n) is 3.28. The van der Waals surface area contributed by atoms with E-state index in [1.54, 1.807) is 7.11 Å². The molecule has 2 aliphatic heterocycles. The predicted molar refractivity (Wildman–Crippen MR) is 87.5 cm³/mol. The van der Waals surface area contributed by atoms with Gasteiger partial charge in [-0.05, 0) is 43.4 Å². The second-order valence-corrected chi connectivity index (χ2v) is 5.96. The minimum atomic E-state index is 0.366. The maximum Gasteiger partial charge on any atom is 0.191 e. The number of nitrogens with one attached hydrogen (secondary N) is 2. The first-order chi connectivity index (χ1) is 10.8. The summed E-state index contributed by atoms with van der Waals surface area (Å²) in [6.07, 6.45) is 5.27. The van der Waals surface area contributed by atoms with Crippen LogP contribution in [-0.4, -0.2) is 44.9 Å². The topological polar surface area (TPSA) is 54.9 Å². The van der Waals surface area contributed by atoms with Gasteiger partial charge in [-0.3, -0.25) is 4.99 Å². The van der Waals surface area contributed by atoms with E-state index in [9.17, 15) is 0 Å². The zero-order chi connectivity index (χ0) is 15.4. The molecular formula is C17H25N3O2. The molecule has 0 aliphatic carbocycles. The minimum Gasteiger partial charge on any atom is -0.497 e. The molecule has 5 heteroatoms. The van der Waals surface area contributed by atoms with Crippen molar-refractivity contribution in [2.24, 2.45) is 4.99 Å². The van der Waals surface area contributed by atoms with E-state index in [0.717, 1.165) is 31.1 Å². The molecule has 2 heterocycles. The maximum absolute atomic E-state index is 5.87. The molecule has 2 N–H and O–H groups in total. The van der Waals surface area contributed by atoms with Gasteiger partial charge < -0.3 is 20.1 Å². The number of benzene rings is 1. The summed E-state index contributed by atoms with van der Waals surface area (Å²) in [5.41, 5.74) is 1.28. The highest BCUT2D eigenvalue weighted by Crippen LogP contribution is 2.34. The Labute approximate surface area is 132 Å². The molecule has 0 spiro atoms. The van der Waals surface area contributed by atoms with Crippen molar-refractivity contribution < 1.29 is 9.47 Å². The summed E-state index contributed by atoms with van der Waals surface area (Å²) in [5.74, 6) is 1.76. The molecule has 3 atom stereocenters. The van der Waals surface area contributed by atoms with Gasteiger partial charge in [0, 0.05) is 13.6 Å². The molecule has 0 amide bonds. The van der Waals surface area contributed by atoms with Crippen LogP contribution in [0.15, 0.2) is 29.3 Å². The van der Waals surface area contributed by atoms with Crippen LogP contribution in [0.2, 0.25) is 0 Å². The van der Waals surface area contributed by atoms with Crippen LogP contribution in [0.3, 0.4) is 0 Å². The molecule has 2 aliphatic rings. The second kappa shape index (κ2) is 7.01. The molecule has 2 bridgehead atoms. The number of ether oxygens (including phenoxy) is 2. The molecular weight excluding hydrogens is 278 g/mol. The molecule has 0 aromatic heterocycles. The highest BCUT2D eigenvalue weighted by atomic mass is 16.5. The van der Waals surface area contributed by atoms with Crippen molar-refractivity contribution in [3.05, 3.63) is 29.8 Å².